The number of anilines is 1. The Morgan fingerprint density at radius 3 is 2.75 bits per heavy atom. The Hall–Kier alpha value is -1.14. The van der Waals surface area contributed by atoms with E-state index in [-0.39, 0.29) is 18.1 Å². The summed E-state index contributed by atoms with van der Waals surface area (Å²) in [5.74, 6) is -0.0526. The van der Waals surface area contributed by atoms with Gasteiger partial charge in [0.1, 0.15) is 12.1 Å². The number of ether oxygens (including phenoxy) is 1. The molecule has 0 amide bonds. The number of cyclic esters (lactones) is 1. The molecule has 3 atom stereocenters. The summed E-state index contributed by atoms with van der Waals surface area (Å²) in [4.78, 5) is 21.0. The molecule has 2 aliphatic rings. The number of thiazole rings is 1. The molecule has 0 radical (unpaired) electrons. The van der Waals surface area contributed by atoms with Gasteiger partial charge >= 0.3 is 5.97 Å². The van der Waals surface area contributed by atoms with Crippen molar-refractivity contribution in [1.29, 1.82) is 0 Å². The van der Waals surface area contributed by atoms with Gasteiger partial charge in [0.2, 0.25) is 0 Å². The van der Waals surface area contributed by atoms with Crippen molar-refractivity contribution in [2.24, 2.45) is 0 Å². The van der Waals surface area contributed by atoms with Crippen molar-refractivity contribution in [3.05, 3.63) is 11.1 Å². The first kappa shape index (κ1) is 13.8. The summed E-state index contributed by atoms with van der Waals surface area (Å²) >= 11 is 1.70. The molecule has 2 aliphatic heterocycles. The molecule has 0 N–H and O–H groups in total. The lowest BCUT2D eigenvalue weighted by Gasteiger charge is -2.41. The molecule has 1 aromatic heterocycles. The zero-order valence-corrected chi connectivity index (χ0v) is 13.0. The van der Waals surface area contributed by atoms with E-state index in [4.69, 9.17) is 4.74 Å². The lowest BCUT2D eigenvalue weighted by Crippen LogP contribution is -2.56. The Kier molecular flexibility index (Phi) is 3.69. The minimum absolute atomic E-state index is 0.0485. The van der Waals surface area contributed by atoms with Crippen LogP contribution < -0.4 is 4.90 Å². The first-order chi connectivity index (χ1) is 9.54. The van der Waals surface area contributed by atoms with Gasteiger partial charge < -0.3 is 9.64 Å². The molecular formula is C14H21N3O2S. The number of rotatable bonds is 2. The number of aryl methyl sites for hydroxylation is 1. The van der Waals surface area contributed by atoms with Crippen molar-refractivity contribution in [3.8, 4) is 0 Å². The lowest BCUT2D eigenvalue weighted by atomic mass is 10.1. The van der Waals surface area contributed by atoms with Crippen molar-refractivity contribution in [2.45, 2.75) is 45.4 Å². The predicted molar refractivity (Wildman–Crippen MR) is 79.2 cm³/mol. The third kappa shape index (κ3) is 2.54. The highest BCUT2D eigenvalue weighted by Gasteiger charge is 2.39. The van der Waals surface area contributed by atoms with E-state index < -0.39 is 0 Å². The van der Waals surface area contributed by atoms with Crippen LogP contribution in [0, 0.1) is 6.92 Å². The van der Waals surface area contributed by atoms with Crippen LogP contribution >= 0.6 is 11.3 Å². The fourth-order valence-corrected chi connectivity index (χ4v) is 3.99. The first-order valence-electron chi connectivity index (χ1n) is 7.18. The monoisotopic (exact) mass is 295 g/mol. The van der Waals surface area contributed by atoms with Gasteiger partial charge in [0.05, 0.1) is 5.69 Å². The van der Waals surface area contributed by atoms with Crippen LogP contribution in [0.25, 0.3) is 0 Å². The smallest absolute Gasteiger partial charge is 0.323 e. The van der Waals surface area contributed by atoms with Gasteiger partial charge in [0.25, 0.3) is 0 Å². The third-order valence-corrected chi connectivity index (χ3v) is 5.09. The highest BCUT2D eigenvalue weighted by atomic mass is 32.1. The molecule has 3 heterocycles. The molecule has 0 saturated carbocycles. The maximum atomic E-state index is 11.9. The van der Waals surface area contributed by atoms with E-state index in [9.17, 15) is 4.79 Å². The van der Waals surface area contributed by atoms with Crippen LogP contribution in [0.4, 0.5) is 5.13 Å². The number of carbonyl (C=O) groups is 1. The Morgan fingerprint density at radius 1 is 1.40 bits per heavy atom. The van der Waals surface area contributed by atoms with Gasteiger partial charge in [-0.1, -0.05) is 0 Å². The fraction of sp³-hybridized carbons (Fsp3) is 0.714. The number of hydrogen-bond donors (Lipinski definition) is 0. The van der Waals surface area contributed by atoms with Gasteiger partial charge in [0, 0.05) is 37.5 Å². The Bertz CT molecular complexity index is 504. The van der Waals surface area contributed by atoms with Crippen molar-refractivity contribution < 1.29 is 9.53 Å². The number of aromatic nitrogens is 1. The molecule has 20 heavy (non-hydrogen) atoms. The molecule has 0 bridgehead atoms. The minimum atomic E-state index is -0.0526. The number of esters is 1. The highest BCUT2D eigenvalue weighted by Crippen LogP contribution is 2.27. The van der Waals surface area contributed by atoms with Crippen LogP contribution in [0.2, 0.25) is 0 Å². The third-order valence-electron chi connectivity index (χ3n) is 4.10. The Balaban J connectivity index is 1.66. The van der Waals surface area contributed by atoms with Crippen molar-refractivity contribution in [1.82, 2.24) is 9.88 Å². The molecule has 1 aromatic rings. The molecule has 0 aromatic carbocycles. The van der Waals surface area contributed by atoms with E-state index >= 15 is 0 Å². The quantitative estimate of drug-likeness (QED) is 0.777. The van der Waals surface area contributed by atoms with Crippen LogP contribution in [0.5, 0.6) is 0 Å². The van der Waals surface area contributed by atoms with E-state index in [1.807, 2.05) is 13.8 Å². The van der Waals surface area contributed by atoms with E-state index in [0.717, 1.165) is 36.9 Å². The second kappa shape index (κ2) is 5.33. The normalized spacial score (nSPS) is 31.6. The van der Waals surface area contributed by atoms with E-state index in [1.165, 1.54) is 0 Å². The topological polar surface area (TPSA) is 45.7 Å². The van der Waals surface area contributed by atoms with E-state index in [0.29, 0.717) is 6.04 Å². The second-order valence-electron chi connectivity index (χ2n) is 5.81. The maximum Gasteiger partial charge on any atom is 0.323 e. The zero-order chi connectivity index (χ0) is 14.3. The van der Waals surface area contributed by atoms with Gasteiger partial charge in [-0.05, 0) is 20.8 Å². The van der Waals surface area contributed by atoms with Crippen LogP contribution in [0.15, 0.2) is 5.38 Å². The lowest BCUT2D eigenvalue weighted by molar-refractivity contribution is -0.145. The highest BCUT2D eigenvalue weighted by molar-refractivity contribution is 7.13. The summed E-state index contributed by atoms with van der Waals surface area (Å²) in [5.41, 5.74) is 1.08. The average molecular weight is 295 g/mol. The van der Waals surface area contributed by atoms with Crippen LogP contribution in [-0.2, 0) is 9.53 Å². The molecule has 3 rings (SSSR count). The minimum Gasteiger partial charge on any atom is -0.461 e. The number of hydrogen-bond acceptors (Lipinski definition) is 6. The van der Waals surface area contributed by atoms with Crippen LogP contribution in [0.3, 0.4) is 0 Å². The molecule has 5 nitrogen and oxygen atoms in total. The van der Waals surface area contributed by atoms with Crippen molar-refractivity contribution >= 4 is 22.4 Å². The van der Waals surface area contributed by atoms with Gasteiger partial charge in [-0.25, -0.2) is 4.98 Å². The fourth-order valence-electron chi connectivity index (χ4n) is 3.06. The maximum absolute atomic E-state index is 11.9. The standard InChI is InChI=1S/C14H21N3O2S/c1-9-8-20-14(15-9)17-5-4-16(7-10(17)2)12-6-11(3)19-13(12)18/h8,10-12H,4-7H2,1-3H3/t10-,11+,12+/m0/s1. The van der Waals surface area contributed by atoms with Crippen molar-refractivity contribution in [3.63, 3.8) is 0 Å². The van der Waals surface area contributed by atoms with Gasteiger partial charge in [-0.15, -0.1) is 11.3 Å². The molecule has 110 valence electrons. The summed E-state index contributed by atoms with van der Waals surface area (Å²) in [6, 6.07) is 0.325. The molecule has 2 saturated heterocycles. The molecule has 0 spiro atoms. The van der Waals surface area contributed by atoms with Crippen LogP contribution in [0.1, 0.15) is 26.0 Å². The van der Waals surface area contributed by atoms with E-state index in [2.05, 4.69) is 27.1 Å². The molecule has 0 aliphatic carbocycles. The van der Waals surface area contributed by atoms with Crippen molar-refractivity contribution in [2.75, 3.05) is 24.5 Å². The molecular weight excluding hydrogens is 274 g/mol. The summed E-state index contributed by atoms with van der Waals surface area (Å²) in [6.45, 7) is 8.91. The summed E-state index contributed by atoms with van der Waals surface area (Å²) in [6.07, 6.45) is 0.879. The predicted octanol–water partition coefficient (Wildman–Crippen LogP) is 1.67. The summed E-state index contributed by atoms with van der Waals surface area (Å²) in [5, 5.41) is 3.18. The molecule has 0 unspecified atom stereocenters. The van der Waals surface area contributed by atoms with Gasteiger partial charge in [-0.3, -0.25) is 9.69 Å². The number of piperazine rings is 1. The van der Waals surface area contributed by atoms with E-state index in [1.54, 1.807) is 11.3 Å². The number of carbonyl (C=O) groups excluding carboxylic acids is 1. The molecule has 6 heteroatoms. The summed E-state index contributed by atoms with van der Waals surface area (Å²) in [7, 11) is 0. The Labute approximate surface area is 123 Å². The number of nitrogens with zero attached hydrogens (tertiary/aromatic N) is 3. The first-order valence-corrected chi connectivity index (χ1v) is 8.06. The van der Waals surface area contributed by atoms with Gasteiger partial charge in [-0.2, -0.15) is 0 Å². The average Bonchev–Trinajstić information content (AvgIpc) is 2.95. The molecule has 2 fully saturated rings. The SMILES string of the molecule is Cc1csc(N2CCN([C@@H]3C[C@@H](C)OC3=O)C[C@@H]2C)n1. The summed E-state index contributed by atoms with van der Waals surface area (Å²) < 4.78 is 5.27. The largest absolute Gasteiger partial charge is 0.461 e. The Morgan fingerprint density at radius 2 is 2.20 bits per heavy atom. The second-order valence-corrected chi connectivity index (χ2v) is 6.64. The van der Waals surface area contributed by atoms with Crippen LogP contribution in [-0.4, -0.2) is 53.7 Å². The zero-order valence-electron chi connectivity index (χ0n) is 12.2. The van der Waals surface area contributed by atoms with Gasteiger partial charge in [0.15, 0.2) is 5.13 Å².